The zero-order valence-corrected chi connectivity index (χ0v) is 14.0. The fourth-order valence-electron chi connectivity index (χ4n) is 2.10. The van der Waals surface area contributed by atoms with Crippen LogP contribution in [-0.4, -0.2) is 22.0 Å². The highest BCUT2D eigenvalue weighted by Gasteiger charge is 2.17. The maximum absolute atomic E-state index is 12.3. The summed E-state index contributed by atoms with van der Waals surface area (Å²) in [5, 5.41) is 12.4. The van der Waals surface area contributed by atoms with E-state index in [0.717, 1.165) is 0 Å². The van der Waals surface area contributed by atoms with Crippen LogP contribution in [0.1, 0.15) is 20.8 Å². The molecule has 0 unspecified atom stereocenters. The molecule has 25 heavy (non-hydrogen) atoms. The van der Waals surface area contributed by atoms with Crippen LogP contribution >= 0.6 is 23.2 Å². The van der Waals surface area contributed by atoms with E-state index in [0.29, 0.717) is 15.6 Å². The van der Waals surface area contributed by atoms with E-state index in [4.69, 9.17) is 32.7 Å². The molecule has 126 valence electrons. The van der Waals surface area contributed by atoms with Crippen molar-refractivity contribution in [2.45, 2.75) is 0 Å². The molecule has 0 bridgehead atoms. The van der Waals surface area contributed by atoms with Crippen molar-refractivity contribution in [3.8, 4) is 11.5 Å². The number of nitrogens with one attached hydrogen (secondary N) is 1. The van der Waals surface area contributed by atoms with E-state index >= 15 is 0 Å². The molecule has 1 amide bonds. The zero-order chi connectivity index (χ0) is 18.0. The highest BCUT2D eigenvalue weighted by Crippen LogP contribution is 2.28. The molecule has 8 heteroatoms. The van der Waals surface area contributed by atoms with Gasteiger partial charge in [-0.25, -0.2) is 9.78 Å². The first-order valence-corrected chi connectivity index (χ1v) is 7.76. The SMILES string of the molecule is O=C(Nc1ccccc1C(=O)O)c1coc(-c2ccc(Cl)c(Cl)c2)n1. The summed E-state index contributed by atoms with van der Waals surface area (Å²) in [4.78, 5) is 27.6. The molecule has 6 nitrogen and oxygen atoms in total. The minimum Gasteiger partial charge on any atom is -0.478 e. The Balaban J connectivity index is 1.84. The number of oxazole rings is 1. The molecule has 3 aromatic rings. The van der Waals surface area contributed by atoms with Gasteiger partial charge < -0.3 is 14.8 Å². The quantitative estimate of drug-likeness (QED) is 0.693. The number of para-hydroxylation sites is 1. The molecule has 0 radical (unpaired) electrons. The highest BCUT2D eigenvalue weighted by atomic mass is 35.5. The number of amides is 1. The van der Waals surface area contributed by atoms with Crippen LogP contribution in [-0.2, 0) is 0 Å². The van der Waals surface area contributed by atoms with Gasteiger partial charge >= 0.3 is 5.97 Å². The summed E-state index contributed by atoms with van der Waals surface area (Å²) in [6.07, 6.45) is 1.18. The molecule has 2 aromatic carbocycles. The largest absolute Gasteiger partial charge is 0.478 e. The van der Waals surface area contributed by atoms with Crippen molar-refractivity contribution in [2.75, 3.05) is 5.32 Å². The monoisotopic (exact) mass is 376 g/mol. The lowest BCUT2D eigenvalue weighted by Crippen LogP contribution is -2.15. The molecule has 2 N–H and O–H groups in total. The molecule has 1 heterocycles. The molecular formula is C17H10Cl2N2O4. The highest BCUT2D eigenvalue weighted by molar-refractivity contribution is 6.42. The van der Waals surface area contributed by atoms with E-state index < -0.39 is 11.9 Å². The Morgan fingerprint density at radius 1 is 1.08 bits per heavy atom. The second kappa shape index (κ2) is 6.96. The lowest BCUT2D eigenvalue weighted by atomic mass is 10.2. The van der Waals surface area contributed by atoms with E-state index in [-0.39, 0.29) is 22.8 Å². The number of aromatic nitrogens is 1. The number of anilines is 1. The molecular weight excluding hydrogens is 367 g/mol. The van der Waals surface area contributed by atoms with Gasteiger partial charge in [0.05, 0.1) is 21.3 Å². The van der Waals surface area contributed by atoms with Gasteiger partial charge in [0, 0.05) is 5.56 Å². The van der Waals surface area contributed by atoms with Gasteiger partial charge in [-0.3, -0.25) is 4.79 Å². The molecule has 3 rings (SSSR count). The van der Waals surface area contributed by atoms with Gasteiger partial charge in [0.25, 0.3) is 5.91 Å². The van der Waals surface area contributed by atoms with Crippen LogP contribution in [0.25, 0.3) is 11.5 Å². The molecule has 1 aromatic heterocycles. The second-order valence-electron chi connectivity index (χ2n) is 4.97. The summed E-state index contributed by atoms with van der Waals surface area (Å²) in [7, 11) is 0. The van der Waals surface area contributed by atoms with Crippen LogP contribution in [0.2, 0.25) is 10.0 Å². The van der Waals surface area contributed by atoms with Crippen LogP contribution in [0.3, 0.4) is 0 Å². The lowest BCUT2D eigenvalue weighted by molar-refractivity contribution is 0.0698. The Kier molecular flexibility index (Phi) is 4.74. The minimum atomic E-state index is -1.15. The maximum Gasteiger partial charge on any atom is 0.337 e. The Hall–Kier alpha value is -2.83. The van der Waals surface area contributed by atoms with E-state index in [1.165, 1.54) is 18.4 Å². The summed E-state index contributed by atoms with van der Waals surface area (Å²) in [6, 6.07) is 10.9. The number of benzene rings is 2. The summed E-state index contributed by atoms with van der Waals surface area (Å²) in [6.45, 7) is 0. The number of carboxylic acid groups (broad SMARTS) is 1. The average Bonchev–Trinajstić information content (AvgIpc) is 3.08. The third-order valence-electron chi connectivity index (χ3n) is 3.31. The van der Waals surface area contributed by atoms with Crippen molar-refractivity contribution in [1.82, 2.24) is 4.98 Å². The van der Waals surface area contributed by atoms with Crippen LogP contribution in [0, 0.1) is 0 Å². The van der Waals surface area contributed by atoms with Crippen LogP contribution < -0.4 is 5.32 Å². The zero-order valence-electron chi connectivity index (χ0n) is 12.5. The minimum absolute atomic E-state index is 0.00117. The van der Waals surface area contributed by atoms with Crippen LogP contribution in [0.15, 0.2) is 53.1 Å². The first-order valence-electron chi connectivity index (χ1n) is 7.00. The van der Waals surface area contributed by atoms with Crippen molar-refractivity contribution in [2.24, 2.45) is 0 Å². The van der Waals surface area contributed by atoms with Crippen molar-refractivity contribution in [3.05, 3.63) is 70.0 Å². The maximum atomic E-state index is 12.3. The van der Waals surface area contributed by atoms with Gasteiger partial charge in [-0.2, -0.15) is 0 Å². The second-order valence-corrected chi connectivity index (χ2v) is 5.79. The fraction of sp³-hybridized carbons (Fsp3) is 0. The van der Waals surface area contributed by atoms with E-state index in [1.54, 1.807) is 30.3 Å². The predicted molar refractivity (Wildman–Crippen MR) is 93.3 cm³/mol. The number of carbonyl (C=O) groups is 2. The first kappa shape index (κ1) is 17.0. The number of carbonyl (C=O) groups excluding carboxylic acids is 1. The number of hydrogen-bond donors (Lipinski definition) is 2. The lowest BCUT2D eigenvalue weighted by Gasteiger charge is -2.06. The third kappa shape index (κ3) is 3.65. The standard InChI is InChI=1S/C17H10Cl2N2O4/c18-11-6-5-9(7-12(11)19)16-21-14(8-25-16)15(22)20-13-4-2-1-3-10(13)17(23)24/h1-8H,(H,20,22)(H,23,24). The van der Waals surface area contributed by atoms with E-state index in [1.807, 2.05) is 0 Å². The molecule has 0 aliphatic carbocycles. The van der Waals surface area contributed by atoms with Crippen LogP contribution in [0.4, 0.5) is 5.69 Å². The van der Waals surface area contributed by atoms with Gasteiger partial charge in [0.2, 0.25) is 5.89 Å². The fourth-order valence-corrected chi connectivity index (χ4v) is 2.40. The number of nitrogens with zero attached hydrogens (tertiary/aromatic N) is 1. The Morgan fingerprint density at radius 3 is 2.56 bits per heavy atom. The predicted octanol–water partition coefficient (Wildman–Crippen LogP) is 4.60. The molecule has 0 saturated carbocycles. The van der Waals surface area contributed by atoms with Crippen molar-refractivity contribution < 1.29 is 19.1 Å². The molecule has 0 saturated heterocycles. The topological polar surface area (TPSA) is 92.4 Å². The normalized spacial score (nSPS) is 10.5. The number of halogens is 2. The summed E-state index contributed by atoms with van der Waals surface area (Å²) >= 11 is 11.8. The van der Waals surface area contributed by atoms with Crippen LogP contribution in [0.5, 0.6) is 0 Å². The number of aromatic carboxylic acids is 1. The number of hydrogen-bond acceptors (Lipinski definition) is 4. The number of rotatable bonds is 4. The summed E-state index contributed by atoms with van der Waals surface area (Å²) in [5.41, 5.74) is 0.698. The van der Waals surface area contributed by atoms with Crippen molar-refractivity contribution in [1.29, 1.82) is 0 Å². The molecule has 0 spiro atoms. The average molecular weight is 377 g/mol. The van der Waals surface area contributed by atoms with E-state index in [2.05, 4.69) is 10.3 Å². The van der Waals surface area contributed by atoms with Gasteiger partial charge in [-0.15, -0.1) is 0 Å². The smallest absolute Gasteiger partial charge is 0.337 e. The van der Waals surface area contributed by atoms with Gasteiger partial charge in [0.1, 0.15) is 6.26 Å². The van der Waals surface area contributed by atoms with Crippen molar-refractivity contribution in [3.63, 3.8) is 0 Å². The molecule has 0 fully saturated rings. The molecule has 0 aliphatic heterocycles. The number of carboxylic acids is 1. The molecule has 0 aliphatic rings. The van der Waals surface area contributed by atoms with Gasteiger partial charge in [-0.05, 0) is 30.3 Å². The van der Waals surface area contributed by atoms with Gasteiger partial charge in [0.15, 0.2) is 5.69 Å². The summed E-state index contributed by atoms with van der Waals surface area (Å²) < 4.78 is 5.29. The Bertz CT molecular complexity index is 969. The first-order chi connectivity index (χ1) is 12.0. The van der Waals surface area contributed by atoms with E-state index in [9.17, 15) is 9.59 Å². The Morgan fingerprint density at radius 2 is 1.84 bits per heavy atom. The van der Waals surface area contributed by atoms with Gasteiger partial charge in [-0.1, -0.05) is 35.3 Å². The van der Waals surface area contributed by atoms with Crippen molar-refractivity contribution >= 4 is 40.8 Å². The third-order valence-corrected chi connectivity index (χ3v) is 4.05. The molecule has 0 atom stereocenters. The summed E-state index contributed by atoms with van der Waals surface area (Å²) in [5.74, 6) is -1.55. The Labute approximate surface area is 152 Å².